The Morgan fingerprint density at radius 1 is 1.53 bits per heavy atom. The molecule has 1 aromatic rings. The largest absolute Gasteiger partial charge is 0.392 e. The number of allylic oxidation sites excluding steroid dienone is 1. The molecule has 3 heteroatoms. The zero-order valence-electron chi connectivity index (χ0n) is 9.94. The van der Waals surface area contributed by atoms with Gasteiger partial charge in [0.25, 0.3) is 0 Å². The highest BCUT2D eigenvalue weighted by Gasteiger charge is 2.23. The van der Waals surface area contributed by atoms with Crippen molar-refractivity contribution < 1.29 is 9.90 Å². The van der Waals surface area contributed by atoms with E-state index in [1.165, 1.54) is 12.8 Å². The number of rotatable bonds is 4. The van der Waals surface area contributed by atoms with Gasteiger partial charge in [0.1, 0.15) is 0 Å². The second kappa shape index (κ2) is 5.15. The SMILES string of the molecule is C/C(=C\C(=O)Nc1cccc(CO)c1)C1CC1. The third kappa shape index (κ3) is 3.43. The van der Waals surface area contributed by atoms with Crippen LogP contribution in [0.3, 0.4) is 0 Å². The molecule has 1 fully saturated rings. The highest BCUT2D eigenvalue weighted by atomic mass is 16.3. The number of hydrogen-bond donors (Lipinski definition) is 2. The number of hydrogen-bond acceptors (Lipinski definition) is 2. The normalized spacial score (nSPS) is 15.8. The van der Waals surface area contributed by atoms with Crippen molar-refractivity contribution in [3.8, 4) is 0 Å². The van der Waals surface area contributed by atoms with Crippen LogP contribution in [-0.4, -0.2) is 11.0 Å². The van der Waals surface area contributed by atoms with Crippen LogP contribution in [-0.2, 0) is 11.4 Å². The fourth-order valence-electron chi connectivity index (χ4n) is 1.79. The molecule has 3 nitrogen and oxygen atoms in total. The molecule has 90 valence electrons. The van der Waals surface area contributed by atoms with E-state index in [2.05, 4.69) is 5.32 Å². The predicted octanol–water partition coefficient (Wildman–Crippen LogP) is 2.47. The van der Waals surface area contributed by atoms with Gasteiger partial charge in [0.15, 0.2) is 0 Å². The minimum absolute atomic E-state index is 0.0132. The van der Waals surface area contributed by atoms with Gasteiger partial charge in [-0.1, -0.05) is 17.7 Å². The summed E-state index contributed by atoms with van der Waals surface area (Å²) in [7, 11) is 0. The maximum absolute atomic E-state index is 11.7. The Morgan fingerprint density at radius 2 is 2.29 bits per heavy atom. The van der Waals surface area contributed by atoms with Crippen LogP contribution in [0.5, 0.6) is 0 Å². The van der Waals surface area contributed by atoms with E-state index in [0.717, 1.165) is 16.8 Å². The first-order valence-corrected chi connectivity index (χ1v) is 5.88. The van der Waals surface area contributed by atoms with Gasteiger partial charge in [0.2, 0.25) is 5.91 Å². The lowest BCUT2D eigenvalue weighted by Gasteiger charge is -2.04. The van der Waals surface area contributed by atoms with Crippen molar-refractivity contribution in [2.75, 3.05) is 5.32 Å². The summed E-state index contributed by atoms with van der Waals surface area (Å²) < 4.78 is 0. The Kier molecular flexibility index (Phi) is 3.59. The van der Waals surface area contributed by atoms with Gasteiger partial charge in [0.05, 0.1) is 6.61 Å². The van der Waals surface area contributed by atoms with Crippen molar-refractivity contribution >= 4 is 11.6 Å². The molecule has 0 aliphatic heterocycles. The van der Waals surface area contributed by atoms with E-state index < -0.39 is 0 Å². The third-order valence-corrected chi connectivity index (χ3v) is 2.96. The van der Waals surface area contributed by atoms with Crippen molar-refractivity contribution in [3.63, 3.8) is 0 Å². The number of aliphatic hydroxyl groups excluding tert-OH is 1. The number of benzene rings is 1. The van der Waals surface area contributed by atoms with Crippen LogP contribution < -0.4 is 5.32 Å². The highest BCUT2D eigenvalue weighted by molar-refractivity contribution is 5.99. The Balaban J connectivity index is 1.99. The number of carbonyl (C=O) groups excluding carboxylic acids is 1. The van der Waals surface area contributed by atoms with E-state index in [9.17, 15) is 4.79 Å². The Morgan fingerprint density at radius 3 is 2.94 bits per heavy atom. The molecule has 0 bridgehead atoms. The van der Waals surface area contributed by atoms with Crippen LogP contribution in [0.2, 0.25) is 0 Å². The molecule has 1 amide bonds. The first-order chi connectivity index (χ1) is 8.19. The molecule has 0 radical (unpaired) electrons. The second-order valence-electron chi connectivity index (χ2n) is 4.51. The van der Waals surface area contributed by atoms with Gasteiger partial charge in [-0.25, -0.2) is 0 Å². The molecule has 0 saturated heterocycles. The van der Waals surface area contributed by atoms with Gasteiger partial charge in [0, 0.05) is 11.8 Å². The molecular formula is C14H17NO2. The topological polar surface area (TPSA) is 49.3 Å². The molecule has 17 heavy (non-hydrogen) atoms. The zero-order valence-corrected chi connectivity index (χ0v) is 9.94. The molecule has 0 heterocycles. The molecule has 0 unspecified atom stereocenters. The van der Waals surface area contributed by atoms with E-state index in [1.807, 2.05) is 25.1 Å². The number of aliphatic hydroxyl groups is 1. The summed E-state index contributed by atoms with van der Waals surface area (Å²) in [5.41, 5.74) is 2.67. The van der Waals surface area contributed by atoms with Gasteiger partial charge in [-0.15, -0.1) is 0 Å². The lowest BCUT2D eigenvalue weighted by molar-refractivity contribution is -0.112. The van der Waals surface area contributed by atoms with Crippen molar-refractivity contribution in [2.45, 2.75) is 26.4 Å². The summed E-state index contributed by atoms with van der Waals surface area (Å²) in [5, 5.41) is 11.8. The summed E-state index contributed by atoms with van der Waals surface area (Å²) in [5.74, 6) is 0.522. The van der Waals surface area contributed by atoms with E-state index >= 15 is 0 Å². The molecule has 0 aromatic heterocycles. The van der Waals surface area contributed by atoms with Gasteiger partial charge in [-0.2, -0.15) is 0 Å². The summed E-state index contributed by atoms with van der Waals surface area (Å²) in [6.45, 7) is 1.99. The maximum Gasteiger partial charge on any atom is 0.248 e. The van der Waals surface area contributed by atoms with Crippen LogP contribution in [0.15, 0.2) is 35.9 Å². The van der Waals surface area contributed by atoms with E-state index in [4.69, 9.17) is 5.11 Å². The van der Waals surface area contributed by atoms with Gasteiger partial charge in [-0.05, 0) is 43.4 Å². The molecule has 1 aliphatic carbocycles. The molecule has 1 saturated carbocycles. The summed E-state index contributed by atoms with van der Waals surface area (Å²) in [6, 6.07) is 7.23. The lowest BCUT2D eigenvalue weighted by atomic mass is 10.2. The van der Waals surface area contributed by atoms with Crippen LogP contribution in [0.25, 0.3) is 0 Å². The average Bonchev–Trinajstić information content (AvgIpc) is 3.12. The smallest absolute Gasteiger partial charge is 0.248 e. The zero-order chi connectivity index (χ0) is 12.3. The Bertz CT molecular complexity index is 447. The fourth-order valence-corrected chi connectivity index (χ4v) is 1.79. The molecule has 2 N–H and O–H groups in total. The number of carbonyl (C=O) groups is 1. The fraction of sp³-hybridized carbons (Fsp3) is 0.357. The Hall–Kier alpha value is -1.61. The molecule has 0 atom stereocenters. The van der Waals surface area contributed by atoms with Gasteiger partial charge in [-0.3, -0.25) is 4.79 Å². The second-order valence-corrected chi connectivity index (χ2v) is 4.51. The minimum atomic E-state index is -0.0931. The van der Waals surface area contributed by atoms with E-state index in [0.29, 0.717) is 5.92 Å². The third-order valence-electron chi connectivity index (χ3n) is 2.96. The monoisotopic (exact) mass is 231 g/mol. The summed E-state index contributed by atoms with van der Waals surface area (Å²) >= 11 is 0. The molecular weight excluding hydrogens is 214 g/mol. The lowest BCUT2D eigenvalue weighted by Crippen LogP contribution is -2.09. The number of anilines is 1. The number of amides is 1. The summed E-state index contributed by atoms with van der Waals surface area (Å²) in [4.78, 5) is 11.7. The van der Waals surface area contributed by atoms with Crippen LogP contribution in [0, 0.1) is 5.92 Å². The van der Waals surface area contributed by atoms with Crippen LogP contribution in [0.1, 0.15) is 25.3 Å². The molecule has 2 rings (SSSR count). The molecule has 0 spiro atoms. The Labute approximate surface area is 101 Å². The highest BCUT2D eigenvalue weighted by Crippen LogP contribution is 2.35. The van der Waals surface area contributed by atoms with Crippen LogP contribution >= 0.6 is 0 Å². The van der Waals surface area contributed by atoms with Crippen LogP contribution in [0.4, 0.5) is 5.69 Å². The quantitative estimate of drug-likeness (QED) is 0.782. The molecule has 1 aromatic carbocycles. The predicted molar refractivity (Wildman–Crippen MR) is 67.5 cm³/mol. The van der Waals surface area contributed by atoms with E-state index in [1.54, 1.807) is 12.1 Å². The van der Waals surface area contributed by atoms with Crippen molar-refractivity contribution in [1.29, 1.82) is 0 Å². The number of nitrogens with one attached hydrogen (secondary N) is 1. The van der Waals surface area contributed by atoms with Crippen molar-refractivity contribution in [2.24, 2.45) is 5.92 Å². The first kappa shape index (κ1) is 11.9. The average molecular weight is 231 g/mol. The minimum Gasteiger partial charge on any atom is -0.392 e. The maximum atomic E-state index is 11.7. The summed E-state index contributed by atoms with van der Waals surface area (Å²) in [6.07, 6.45) is 4.08. The standard InChI is InChI=1S/C14H17NO2/c1-10(12-5-6-12)7-14(17)15-13-4-2-3-11(8-13)9-16/h2-4,7-8,12,16H,5-6,9H2,1H3,(H,15,17)/b10-7+. The van der Waals surface area contributed by atoms with Gasteiger partial charge < -0.3 is 10.4 Å². The molecule has 1 aliphatic rings. The van der Waals surface area contributed by atoms with Gasteiger partial charge >= 0.3 is 0 Å². The van der Waals surface area contributed by atoms with Crippen molar-refractivity contribution in [3.05, 3.63) is 41.5 Å². The first-order valence-electron chi connectivity index (χ1n) is 5.88. The van der Waals surface area contributed by atoms with E-state index in [-0.39, 0.29) is 12.5 Å². The van der Waals surface area contributed by atoms with Crippen molar-refractivity contribution in [1.82, 2.24) is 0 Å².